The Morgan fingerprint density at radius 3 is 2.60 bits per heavy atom. The van der Waals surface area contributed by atoms with Gasteiger partial charge >= 0.3 is 0 Å². The molecule has 1 aromatic carbocycles. The summed E-state index contributed by atoms with van der Waals surface area (Å²) in [6, 6.07) is 8.63. The first kappa shape index (κ1) is 22.1. The van der Waals surface area contributed by atoms with Gasteiger partial charge in [0.05, 0.1) is 24.3 Å². The molecule has 1 saturated carbocycles. The summed E-state index contributed by atoms with van der Waals surface area (Å²) < 4.78 is 26.6. The largest absolute Gasteiger partial charge is 0.365 e. The van der Waals surface area contributed by atoms with Crippen LogP contribution in [0.25, 0.3) is 0 Å². The minimum Gasteiger partial charge on any atom is -0.365 e. The molecule has 11 heteroatoms. The molecule has 1 aromatic heterocycles. The van der Waals surface area contributed by atoms with Crippen molar-refractivity contribution >= 4 is 39.0 Å². The van der Waals surface area contributed by atoms with Crippen LogP contribution in [0, 0.1) is 17.2 Å². The fraction of sp³-hybridized carbons (Fsp3) is 0.421. The maximum Gasteiger partial charge on any atom is 0.254 e. The first-order valence-corrected chi connectivity index (χ1v) is 11.6. The second kappa shape index (κ2) is 8.63. The maximum absolute atomic E-state index is 11.9. The fourth-order valence-electron chi connectivity index (χ4n) is 3.69. The summed E-state index contributed by atoms with van der Waals surface area (Å²) in [5.41, 5.74) is 6.41. The molecule has 160 valence electrons. The third-order valence-electron chi connectivity index (χ3n) is 5.43. The molecule has 1 aliphatic carbocycles. The number of hydrogen-bond donors (Lipinski definition) is 2. The van der Waals surface area contributed by atoms with E-state index in [2.05, 4.69) is 16.5 Å². The summed E-state index contributed by atoms with van der Waals surface area (Å²) in [7, 11) is -1.82. The van der Waals surface area contributed by atoms with Gasteiger partial charge in [0.1, 0.15) is 5.56 Å². The number of primary amides is 1. The summed E-state index contributed by atoms with van der Waals surface area (Å²) in [6.07, 6.45) is 4.20. The number of carbonyl (C=O) groups excluding carboxylic acids is 1. The number of rotatable bonds is 6. The number of halogens is 1. The van der Waals surface area contributed by atoms with Crippen molar-refractivity contribution in [2.45, 2.75) is 31.3 Å². The van der Waals surface area contributed by atoms with Crippen LogP contribution >= 0.6 is 11.6 Å². The molecule has 2 aromatic rings. The van der Waals surface area contributed by atoms with E-state index in [4.69, 9.17) is 17.3 Å². The van der Waals surface area contributed by atoms with Gasteiger partial charge in [0.2, 0.25) is 10.0 Å². The smallest absolute Gasteiger partial charge is 0.254 e. The Kier molecular flexibility index (Phi) is 6.36. The normalized spacial score (nSPS) is 21.9. The van der Waals surface area contributed by atoms with Crippen molar-refractivity contribution in [1.82, 2.24) is 14.1 Å². The highest BCUT2D eigenvalue weighted by Crippen LogP contribution is 2.37. The van der Waals surface area contributed by atoms with Crippen molar-refractivity contribution < 1.29 is 13.2 Å². The first-order valence-electron chi connectivity index (χ1n) is 9.34. The van der Waals surface area contributed by atoms with Crippen LogP contribution in [-0.2, 0) is 10.0 Å². The van der Waals surface area contributed by atoms with Crippen LogP contribution in [0.1, 0.15) is 35.7 Å². The first-order chi connectivity index (χ1) is 14.1. The van der Waals surface area contributed by atoms with E-state index in [1.54, 1.807) is 28.9 Å². The van der Waals surface area contributed by atoms with Gasteiger partial charge in [0, 0.05) is 30.0 Å². The van der Waals surface area contributed by atoms with Crippen LogP contribution in [0.3, 0.4) is 0 Å². The molecule has 0 unspecified atom stereocenters. The van der Waals surface area contributed by atoms with Gasteiger partial charge in [-0.05, 0) is 43.5 Å². The Balaban J connectivity index is 1.85. The highest BCUT2D eigenvalue weighted by molar-refractivity contribution is 7.88. The molecule has 3 rings (SSSR count). The van der Waals surface area contributed by atoms with Crippen LogP contribution in [0.15, 0.2) is 30.5 Å². The zero-order valence-electron chi connectivity index (χ0n) is 16.6. The summed E-state index contributed by atoms with van der Waals surface area (Å²) in [4.78, 5) is 11.9. The van der Waals surface area contributed by atoms with Crippen molar-refractivity contribution in [2.75, 3.05) is 18.6 Å². The molecule has 0 radical (unpaired) electrons. The summed E-state index contributed by atoms with van der Waals surface area (Å²) in [5, 5.41) is 17.8. The number of sulfonamides is 1. The van der Waals surface area contributed by atoms with Gasteiger partial charge in [-0.2, -0.15) is 10.4 Å². The topological polar surface area (TPSA) is 134 Å². The molecule has 1 fully saturated rings. The molecule has 0 bridgehead atoms. The van der Waals surface area contributed by atoms with Crippen LogP contribution in [0.2, 0.25) is 5.02 Å². The van der Waals surface area contributed by atoms with E-state index in [1.807, 2.05) is 0 Å². The number of aromatic nitrogens is 2. The van der Waals surface area contributed by atoms with Gasteiger partial charge in [0.15, 0.2) is 5.82 Å². The van der Waals surface area contributed by atoms with E-state index >= 15 is 0 Å². The van der Waals surface area contributed by atoms with Crippen molar-refractivity contribution in [3.05, 3.63) is 41.0 Å². The molecule has 0 saturated heterocycles. The standard InChI is InChI=1S/C19H23ClN6O3S/c1-25(30(2,28)29)15-7-8-17(12(9-15)10-21)26-11-16(18(22)27)19(24-26)23-14-5-3-13(20)4-6-14/h3-6,11-12,15,17H,7-9H2,1-2H3,(H2,22,27)(H,23,24)/t12-,15-,17+/m1/s1. The number of amides is 1. The van der Waals surface area contributed by atoms with Crippen LogP contribution in [0.5, 0.6) is 0 Å². The molecule has 0 aliphatic heterocycles. The number of benzene rings is 1. The molecule has 9 nitrogen and oxygen atoms in total. The molecule has 3 atom stereocenters. The van der Waals surface area contributed by atoms with Gasteiger partial charge in [0.25, 0.3) is 5.91 Å². The van der Waals surface area contributed by atoms with E-state index in [1.165, 1.54) is 17.5 Å². The van der Waals surface area contributed by atoms with Gasteiger partial charge < -0.3 is 11.1 Å². The Labute approximate surface area is 180 Å². The zero-order valence-corrected chi connectivity index (χ0v) is 18.2. The number of nitrogens with one attached hydrogen (secondary N) is 1. The monoisotopic (exact) mass is 450 g/mol. The maximum atomic E-state index is 11.9. The van der Waals surface area contributed by atoms with Gasteiger partial charge in [-0.25, -0.2) is 12.7 Å². The lowest BCUT2D eigenvalue weighted by molar-refractivity contribution is 0.100. The second-order valence-corrected chi connectivity index (χ2v) is 9.89. The lowest BCUT2D eigenvalue weighted by atomic mass is 9.82. The lowest BCUT2D eigenvalue weighted by Crippen LogP contribution is -2.42. The predicted molar refractivity (Wildman–Crippen MR) is 114 cm³/mol. The van der Waals surface area contributed by atoms with E-state index in [0.29, 0.717) is 30.0 Å². The number of carbonyl (C=O) groups is 1. The number of nitrogens with zero attached hydrogens (tertiary/aromatic N) is 4. The lowest BCUT2D eigenvalue weighted by Gasteiger charge is -2.36. The van der Waals surface area contributed by atoms with Crippen molar-refractivity contribution in [1.29, 1.82) is 5.26 Å². The molecule has 1 amide bonds. The van der Waals surface area contributed by atoms with E-state index in [9.17, 15) is 18.5 Å². The molecule has 30 heavy (non-hydrogen) atoms. The van der Waals surface area contributed by atoms with Crippen molar-refractivity contribution in [2.24, 2.45) is 11.7 Å². The number of nitriles is 1. The summed E-state index contributed by atoms with van der Waals surface area (Å²) in [5.74, 6) is -0.814. The number of nitrogens with two attached hydrogens (primary N) is 1. The Bertz CT molecular complexity index is 1080. The van der Waals surface area contributed by atoms with E-state index < -0.39 is 21.8 Å². The minimum absolute atomic E-state index is 0.206. The number of hydrogen-bond acceptors (Lipinski definition) is 6. The van der Waals surface area contributed by atoms with Crippen molar-refractivity contribution in [3.63, 3.8) is 0 Å². The van der Waals surface area contributed by atoms with Gasteiger partial charge in [-0.15, -0.1) is 0 Å². The minimum atomic E-state index is -3.35. The van der Waals surface area contributed by atoms with Crippen LogP contribution < -0.4 is 11.1 Å². The Hall–Kier alpha value is -2.61. The van der Waals surface area contributed by atoms with Gasteiger partial charge in [-0.3, -0.25) is 9.48 Å². The highest BCUT2D eigenvalue weighted by Gasteiger charge is 2.36. The Morgan fingerprint density at radius 1 is 1.37 bits per heavy atom. The summed E-state index contributed by atoms with van der Waals surface area (Å²) in [6.45, 7) is 0. The van der Waals surface area contributed by atoms with Crippen LogP contribution in [-0.4, -0.2) is 47.8 Å². The third kappa shape index (κ3) is 4.75. The molecule has 3 N–H and O–H groups in total. The van der Waals surface area contributed by atoms with Crippen LogP contribution in [0.4, 0.5) is 11.5 Å². The molecular formula is C19H23ClN6O3S. The molecule has 0 spiro atoms. The summed E-state index contributed by atoms with van der Waals surface area (Å²) >= 11 is 5.90. The fourth-order valence-corrected chi connectivity index (χ4v) is 4.55. The second-order valence-electron chi connectivity index (χ2n) is 7.42. The highest BCUT2D eigenvalue weighted by atomic mass is 35.5. The SMILES string of the molecule is CN([C@@H]1CC[C@H](n2cc(C(N)=O)c(Nc3ccc(Cl)cc3)n2)[C@@H](C#N)C1)S(C)(=O)=O. The molecular weight excluding hydrogens is 428 g/mol. The van der Waals surface area contributed by atoms with E-state index in [-0.39, 0.29) is 23.5 Å². The molecule has 1 aliphatic rings. The average molecular weight is 451 g/mol. The van der Waals surface area contributed by atoms with E-state index in [0.717, 1.165) is 6.26 Å². The average Bonchev–Trinajstić information content (AvgIpc) is 3.11. The quantitative estimate of drug-likeness (QED) is 0.694. The predicted octanol–water partition coefficient (Wildman–Crippen LogP) is 2.50. The third-order valence-corrected chi connectivity index (χ3v) is 7.03. The zero-order chi connectivity index (χ0) is 22.1. The number of anilines is 2. The Morgan fingerprint density at radius 2 is 2.03 bits per heavy atom. The van der Waals surface area contributed by atoms with Gasteiger partial charge in [-0.1, -0.05) is 11.6 Å². The van der Waals surface area contributed by atoms with Crippen molar-refractivity contribution in [3.8, 4) is 6.07 Å². The molecule has 1 heterocycles.